The summed E-state index contributed by atoms with van der Waals surface area (Å²) in [6, 6.07) is 0. The van der Waals surface area contributed by atoms with Gasteiger partial charge < -0.3 is 9.84 Å². The number of aliphatic hydroxyl groups is 1. The van der Waals surface area contributed by atoms with Crippen molar-refractivity contribution in [1.29, 1.82) is 0 Å². The predicted molar refractivity (Wildman–Crippen MR) is 41.8 cm³/mol. The standard InChI is InChI=1S/C7H6ClF2NO2/c8-6-4(3-12)1-11-2-5(6)13-7(9)10/h1-2,7,12H,3H2. The zero-order valence-electron chi connectivity index (χ0n) is 6.38. The molecule has 0 saturated heterocycles. The average molecular weight is 210 g/mol. The number of nitrogens with zero attached hydrogens (tertiary/aromatic N) is 1. The van der Waals surface area contributed by atoms with Crippen LogP contribution >= 0.6 is 11.6 Å². The molecule has 72 valence electrons. The van der Waals surface area contributed by atoms with E-state index in [0.29, 0.717) is 0 Å². The fraction of sp³-hybridized carbons (Fsp3) is 0.286. The molecule has 13 heavy (non-hydrogen) atoms. The van der Waals surface area contributed by atoms with Crippen molar-refractivity contribution in [2.75, 3.05) is 0 Å². The third-order valence-electron chi connectivity index (χ3n) is 1.31. The molecular weight excluding hydrogens is 204 g/mol. The predicted octanol–water partition coefficient (Wildman–Crippen LogP) is 1.83. The van der Waals surface area contributed by atoms with Crippen molar-refractivity contribution >= 4 is 11.6 Å². The van der Waals surface area contributed by atoms with Crippen molar-refractivity contribution in [2.24, 2.45) is 0 Å². The molecule has 0 fully saturated rings. The van der Waals surface area contributed by atoms with Gasteiger partial charge in [-0.05, 0) is 0 Å². The lowest BCUT2D eigenvalue weighted by Gasteiger charge is -2.07. The summed E-state index contributed by atoms with van der Waals surface area (Å²) < 4.78 is 27.6. The molecule has 6 heteroatoms. The Hall–Kier alpha value is -0.940. The maximum Gasteiger partial charge on any atom is 0.387 e. The number of pyridine rings is 1. The minimum absolute atomic E-state index is 0.0437. The lowest BCUT2D eigenvalue weighted by Crippen LogP contribution is -2.03. The quantitative estimate of drug-likeness (QED) is 0.826. The molecule has 0 spiro atoms. The van der Waals surface area contributed by atoms with Gasteiger partial charge in [0.1, 0.15) is 0 Å². The van der Waals surface area contributed by atoms with Crippen LogP contribution in [0.4, 0.5) is 8.78 Å². The van der Waals surface area contributed by atoms with E-state index in [9.17, 15) is 8.78 Å². The minimum atomic E-state index is -2.95. The summed E-state index contributed by atoms with van der Waals surface area (Å²) in [7, 11) is 0. The number of hydrogen-bond donors (Lipinski definition) is 1. The van der Waals surface area contributed by atoms with Crippen LogP contribution in [0.1, 0.15) is 5.56 Å². The van der Waals surface area contributed by atoms with E-state index in [1.165, 1.54) is 6.20 Å². The van der Waals surface area contributed by atoms with Crippen LogP contribution in [0.2, 0.25) is 5.02 Å². The Morgan fingerprint density at radius 1 is 1.54 bits per heavy atom. The van der Waals surface area contributed by atoms with E-state index >= 15 is 0 Å². The Labute approximate surface area is 77.9 Å². The van der Waals surface area contributed by atoms with Gasteiger partial charge in [0.05, 0.1) is 17.8 Å². The summed E-state index contributed by atoms with van der Waals surface area (Å²) in [5.74, 6) is -0.233. The fourth-order valence-corrected chi connectivity index (χ4v) is 0.957. The molecule has 0 aliphatic rings. The van der Waals surface area contributed by atoms with Gasteiger partial charge in [-0.2, -0.15) is 8.78 Å². The summed E-state index contributed by atoms with van der Waals surface area (Å²) in [6.07, 6.45) is 2.34. The van der Waals surface area contributed by atoms with E-state index in [0.717, 1.165) is 6.20 Å². The van der Waals surface area contributed by atoms with E-state index < -0.39 is 6.61 Å². The SMILES string of the molecule is OCc1cncc(OC(F)F)c1Cl. The molecule has 0 amide bonds. The molecule has 3 nitrogen and oxygen atoms in total. The minimum Gasteiger partial charge on any atom is -0.432 e. The number of aliphatic hydroxyl groups excluding tert-OH is 1. The maximum absolute atomic E-state index is 11.8. The van der Waals surface area contributed by atoms with Crippen molar-refractivity contribution in [3.8, 4) is 5.75 Å². The molecule has 0 unspecified atom stereocenters. The highest BCUT2D eigenvalue weighted by atomic mass is 35.5. The van der Waals surface area contributed by atoms with Crippen LogP contribution in [0.3, 0.4) is 0 Å². The first-order valence-corrected chi connectivity index (χ1v) is 3.71. The Bertz CT molecular complexity index is 296. The zero-order chi connectivity index (χ0) is 9.84. The first kappa shape index (κ1) is 10.1. The van der Waals surface area contributed by atoms with Gasteiger partial charge in [-0.1, -0.05) is 11.6 Å². The molecule has 1 heterocycles. The number of ether oxygens (including phenoxy) is 1. The van der Waals surface area contributed by atoms with Crippen LogP contribution < -0.4 is 4.74 Å². The van der Waals surface area contributed by atoms with Crippen LogP contribution in [-0.4, -0.2) is 16.7 Å². The van der Waals surface area contributed by atoms with Gasteiger partial charge in [-0.15, -0.1) is 0 Å². The zero-order valence-corrected chi connectivity index (χ0v) is 7.13. The third-order valence-corrected chi connectivity index (χ3v) is 1.74. The maximum atomic E-state index is 11.8. The van der Waals surface area contributed by atoms with E-state index in [1.807, 2.05) is 0 Å². The van der Waals surface area contributed by atoms with Gasteiger partial charge in [0.2, 0.25) is 0 Å². The molecule has 0 atom stereocenters. The van der Waals surface area contributed by atoms with Crippen molar-refractivity contribution in [3.05, 3.63) is 23.0 Å². The second-order valence-electron chi connectivity index (χ2n) is 2.15. The molecule has 0 aromatic carbocycles. The lowest BCUT2D eigenvalue weighted by molar-refractivity contribution is -0.0501. The number of alkyl halides is 2. The van der Waals surface area contributed by atoms with Crippen molar-refractivity contribution < 1.29 is 18.6 Å². The molecule has 1 N–H and O–H groups in total. The second-order valence-corrected chi connectivity index (χ2v) is 2.53. The largest absolute Gasteiger partial charge is 0.432 e. The molecular formula is C7H6ClF2NO2. The monoisotopic (exact) mass is 209 g/mol. The van der Waals surface area contributed by atoms with Crippen molar-refractivity contribution in [3.63, 3.8) is 0 Å². The van der Waals surface area contributed by atoms with E-state index in [4.69, 9.17) is 16.7 Å². The Morgan fingerprint density at radius 3 is 2.77 bits per heavy atom. The van der Waals surface area contributed by atoms with Gasteiger partial charge in [-0.25, -0.2) is 0 Å². The van der Waals surface area contributed by atoms with Crippen molar-refractivity contribution in [2.45, 2.75) is 13.2 Å². The Kier molecular flexibility index (Phi) is 3.39. The van der Waals surface area contributed by atoms with Gasteiger partial charge >= 0.3 is 6.61 Å². The van der Waals surface area contributed by atoms with Crippen LogP contribution in [0.15, 0.2) is 12.4 Å². The summed E-state index contributed by atoms with van der Waals surface area (Å²) in [5.41, 5.74) is 0.250. The number of halogens is 3. The first-order valence-electron chi connectivity index (χ1n) is 3.33. The molecule has 1 rings (SSSR count). The second kappa shape index (κ2) is 4.34. The van der Waals surface area contributed by atoms with Gasteiger partial charge in [-0.3, -0.25) is 4.98 Å². The topological polar surface area (TPSA) is 42.4 Å². The summed E-state index contributed by atoms with van der Waals surface area (Å²) in [4.78, 5) is 3.57. The lowest BCUT2D eigenvalue weighted by atomic mass is 10.3. The third kappa shape index (κ3) is 2.50. The van der Waals surface area contributed by atoms with Crippen molar-refractivity contribution in [1.82, 2.24) is 4.98 Å². The van der Waals surface area contributed by atoms with E-state index in [1.54, 1.807) is 0 Å². The highest BCUT2D eigenvalue weighted by Crippen LogP contribution is 2.27. The van der Waals surface area contributed by atoms with Gasteiger partial charge in [0.25, 0.3) is 0 Å². The van der Waals surface area contributed by atoms with Crippen LogP contribution in [0.5, 0.6) is 5.75 Å². The molecule has 1 aromatic rings. The van der Waals surface area contributed by atoms with Crippen LogP contribution in [0.25, 0.3) is 0 Å². The summed E-state index contributed by atoms with van der Waals surface area (Å²) in [5, 5.41) is 8.67. The molecule has 0 aliphatic carbocycles. The highest BCUT2D eigenvalue weighted by Gasteiger charge is 2.11. The van der Waals surface area contributed by atoms with Crippen LogP contribution in [-0.2, 0) is 6.61 Å². The highest BCUT2D eigenvalue weighted by molar-refractivity contribution is 6.32. The number of rotatable bonds is 3. The number of hydrogen-bond acceptors (Lipinski definition) is 3. The molecule has 0 aliphatic heterocycles. The molecule has 0 radical (unpaired) electrons. The molecule has 0 saturated carbocycles. The fourth-order valence-electron chi connectivity index (χ4n) is 0.755. The summed E-state index contributed by atoms with van der Waals surface area (Å²) in [6.45, 7) is -3.32. The smallest absolute Gasteiger partial charge is 0.387 e. The van der Waals surface area contributed by atoms with E-state index in [2.05, 4.69) is 9.72 Å². The normalized spacial score (nSPS) is 10.5. The van der Waals surface area contributed by atoms with Crippen LogP contribution in [0, 0.1) is 0 Å². The number of aromatic nitrogens is 1. The van der Waals surface area contributed by atoms with Gasteiger partial charge in [0, 0.05) is 11.8 Å². The Balaban J connectivity index is 2.94. The summed E-state index contributed by atoms with van der Waals surface area (Å²) >= 11 is 5.59. The first-order chi connectivity index (χ1) is 6.15. The average Bonchev–Trinajstić information content (AvgIpc) is 2.08. The Morgan fingerprint density at radius 2 is 2.23 bits per heavy atom. The molecule has 1 aromatic heterocycles. The molecule has 0 bridgehead atoms. The van der Waals surface area contributed by atoms with E-state index in [-0.39, 0.29) is 22.9 Å². The van der Waals surface area contributed by atoms with Gasteiger partial charge in [0.15, 0.2) is 5.75 Å².